The Morgan fingerprint density at radius 2 is 1.56 bits per heavy atom. The Hall–Kier alpha value is -2.92. The van der Waals surface area contributed by atoms with Gasteiger partial charge in [0.1, 0.15) is 5.92 Å². The quantitative estimate of drug-likeness (QED) is 0.809. The molecule has 0 radical (unpaired) electrons. The third-order valence-corrected chi connectivity index (χ3v) is 4.68. The smallest absolute Gasteiger partial charge is 0.261 e. The van der Waals surface area contributed by atoms with E-state index >= 15 is 0 Å². The summed E-state index contributed by atoms with van der Waals surface area (Å²) in [6.45, 7) is 0. The summed E-state index contributed by atoms with van der Waals surface area (Å²) in [7, 11) is 1.51. The molecule has 2 aliphatic rings. The molecule has 2 aromatic rings. The highest BCUT2D eigenvalue weighted by molar-refractivity contribution is 6.07. The average Bonchev–Trinajstić information content (AvgIpc) is 3.14. The number of anilines is 1. The summed E-state index contributed by atoms with van der Waals surface area (Å²) in [5.74, 6) is -1.01. The van der Waals surface area contributed by atoms with E-state index in [1.807, 2.05) is 72.8 Å². The minimum absolute atomic E-state index is 0.198. The first kappa shape index (κ1) is 15.6. The van der Waals surface area contributed by atoms with Crippen LogP contribution in [0.5, 0.6) is 0 Å². The van der Waals surface area contributed by atoms with E-state index in [2.05, 4.69) is 0 Å². The molecule has 2 aliphatic heterocycles. The lowest BCUT2D eigenvalue weighted by atomic mass is 9.95. The summed E-state index contributed by atoms with van der Waals surface area (Å²) in [5.41, 5.74) is 1.85. The van der Waals surface area contributed by atoms with Gasteiger partial charge in [0.15, 0.2) is 6.10 Å². The summed E-state index contributed by atoms with van der Waals surface area (Å²) in [6.07, 6.45) is 3.14. The molecule has 2 heterocycles. The normalized spacial score (nSPS) is 25.9. The molecule has 3 atom stereocenters. The number of amides is 2. The lowest BCUT2D eigenvalue weighted by molar-refractivity contribution is -0.141. The second-order valence-corrected chi connectivity index (χ2v) is 6.21. The first-order chi connectivity index (χ1) is 12.2. The highest BCUT2D eigenvalue weighted by Gasteiger charge is 2.57. The Bertz CT molecular complexity index is 819. The standard InChI is InChI=1S/C20H18N2O3/c1-21-19(23)17-16(13-12-14-8-4-2-5-9-14)22(25-18(17)20(21)24)15-10-6-3-7-11-15/h2-13,16-18H,1H3/b13-12+/t16-,17-,18+/m0/s1. The van der Waals surface area contributed by atoms with Crippen molar-refractivity contribution in [3.8, 4) is 0 Å². The zero-order valence-corrected chi connectivity index (χ0v) is 13.8. The largest absolute Gasteiger partial charge is 0.283 e. The van der Waals surface area contributed by atoms with E-state index in [4.69, 9.17) is 4.84 Å². The molecule has 0 spiro atoms. The van der Waals surface area contributed by atoms with Crippen molar-refractivity contribution < 1.29 is 14.4 Å². The number of likely N-dealkylation sites (N-methyl/N-ethyl adjacent to an activating group) is 1. The van der Waals surface area contributed by atoms with E-state index in [0.29, 0.717) is 0 Å². The molecule has 4 rings (SSSR count). The molecule has 5 nitrogen and oxygen atoms in total. The Balaban J connectivity index is 1.71. The van der Waals surface area contributed by atoms with Gasteiger partial charge in [-0.25, -0.2) is 5.06 Å². The van der Waals surface area contributed by atoms with Crippen LogP contribution >= 0.6 is 0 Å². The van der Waals surface area contributed by atoms with Crippen LogP contribution in [-0.2, 0) is 14.4 Å². The van der Waals surface area contributed by atoms with Crippen molar-refractivity contribution in [1.82, 2.24) is 4.90 Å². The molecule has 5 heteroatoms. The van der Waals surface area contributed by atoms with E-state index in [0.717, 1.165) is 11.3 Å². The third-order valence-electron chi connectivity index (χ3n) is 4.68. The van der Waals surface area contributed by atoms with Crippen LogP contribution in [-0.4, -0.2) is 35.9 Å². The fraction of sp³-hybridized carbons (Fsp3) is 0.200. The van der Waals surface area contributed by atoms with E-state index < -0.39 is 12.0 Å². The number of rotatable bonds is 3. The molecule has 2 amide bonds. The van der Waals surface area contributed by atoms with Crippen LogP contribution in [0, 0.1) is 5.92 Å². The fourth-order valence-electron chi connectivity index (χ4n) is 3.36. The number of carbonyl (C=O) groups excluding carboxylic acids is 2. The Morgan fingerprint density at radius 1 is 0.920 bits per heavy atom. The van der Waals surface area contributed by atoms with Crippen molar-refractivity contribution in [3.05, 3.63) is 72.3 Å². The van der Waals surface area contributed by atoms with Gasteiger partial charge in [-0.15, -0.1) is 0 Å². The molecule has 0 saturated carbocycles. The number of nitrogens with zero attached hydrogens (tertiary/aromatic N) is 2. The minimum atomic E-state index is -0.761. The molecular formula is C20H18N2O3. The SMILES string of the molecule is CN1C(=O)[C@@H]2[C@@H](ON(c3ccccc3)[C@H]2/C=C/c2ccccc2)C1=O. The van der Waals surface area contributed by atoms with Crippen molar-refractivity contribution >= 4 is 23.6 Å². The molecule has 2 aromatic carbocycles. The summed E-state index contributed by atoms with van der Waals surface area (Å²) in [6, 6.07) is 19.0. The van der Waals surface area contributed by atoms with Gasteiger partial charge in [0.25, 0.3) is 5.91 Å². The number of benzene rings is 2. The van der Waals surface area contributed by atoms with Crippen LogP contribution in [0.3, 0.4) is 0 Å². The monoisotopic (exact) mass is 334 g/mol. The van der Waals surface area contributed by atoms with Crippen LogP contribution < -0.4 is 5.06 Å². The molecule has 0 unspecified atom stereocenters. The van der Waals surface area contributed by atoms with Crippen molar-refractivity contribution in [1.29, 1.82) is 0 Å². The van der Waals surface area contributed by atoms with E-state index in [1.54, 1.807) is 5.06 Å². The van der Waals surface area contributed by atoms with Gasteiger partial charge >= 0.3 is 0 Å². The number of fused-ring (bicyclic) bond motifs is 1. The molecule has 2 saturated heterocycles. The van der Waals surface area contributed by atoms with Crippen molar-refractivity contribution in [3.63, 3.8) is 0 Å². The van der Waals surface area contributed by atoms with Gasteiger partial charge < -0.3 is 0 Å². The second kappa shape index (κ2) is 6.18. The molecule has 2 fully saturated rings. The molecule has 0 N–H and O–H groups in total. The minimum Gasteiger partial charge on any atom is -0.283 e. The Labute approximate surface area is 146 Å². The number of hydrogen-bond acceptors (Lipinski definition) is 4. The average molecular weight is 334 g/mol. The van der Waals surface area contributed by atoms with Gasteiger partial charge in [-0.05, 0) is 17.7 Å². The Kier molecular flexibility index (Phi) is 3.86. The molecule has 0 aromatic heterocycles. The van der Waals surface area contributed by atoms with Crippen LogP contribution in [0.1, 0.15) is 5.56 Å². The van der Waals surface area contributed by atoms with E-state index in [1.165, 1.54) is 11.9 Å². The van der Waals surface area contributed by atoms with Crippen LogP contribution in [0.4, 0.5) is 5.69 Å². The zero-order chi connectivity index (χ0) is 17.4. The molecule has 126 valence electrons. The Morgan fingerprint density at radius 3 is 2.24 bits per heavy atom. The van der Waals surface area contributed by atoms with Crippen LogP contribution in [0.2, 0.25) is 0 Å². The van der Waals surface area contributed by atoms with E-state index in [9.17, 15) is 9.59 Å². The highest BCUT2D eigenvalue weighted by atomic mass is 16.7. The van der Waals surface area contributed by atoms with Gasteiger partial charge in [-0.3, -0.25) is 19.3 Å². The van der Waals surface area contributed by atoms with Crippen LogP contribution in [0.15, 0.2) is 66.7 Å². The second-order valence-electron chi connectivity index (χ2n) is 6.21. The topological polar surface area (TPSA) is 49.9 Å². The molecule has 0 bridgehead atoms. The fourth-order valence-corrected chi connectivity index (χ4v) is 3.36. The maximum Gasteiger partial charge on any atom is 0.261 e. The van der Waals surface area contributed by atoms with Gasteiger partial charge in [0.2, 0.25) is 5.91 Å². The first-order valence-electron chi connectivity index (χ1n) is 8.22. The predicted molar refractivity (Wildman–Crippen MR) is 94.3 cm³/mol. The summed E-state index contributed by atoms with van der Waals surface area (Å²) >= 11 is 0. The predicted octanol–water partition coefficient (Wildman–Crippen LogP) is 2.50. The zero-order valence-electron chi connectivity index (χ0n) is 13.8. The van der Waals surface area contributed by atoms with Crippen molar-refractivity contribution in [2.24, 2.45) is 5.92 Å². The van der Waals surface area contributed by atoms with Gasteiger partial charge in [-0.1, -0.05) is 60.7 Å². The maximum atomic E-state index is 12.6. The number of para-hydroxylation sites is 1. The van der Waals surface area contributed by atoms with Gasteiger partial charge in [-0.2, -0.15) is 0 Å². The number of hydrogen-bond donors (Lipinski definition) is 0. The third kappa shape index (κ3) is 2.62. The summed E-state index contributed by atoms with van der Waals surface area (Å²) < 4.78 is 0. The van der Waals surface area contributed by atoms with Crippen LogP contribution in [0.25, 0.3) is 6.08 Å². The first-order valence-corrected chi connectivity index (χ1v) is 8.22. The number of imide groups is 1. The van der Waals surface area contributed by atoms with Crippen molar-refractivity contribution in [2.45, 2.75) is 12.1 Å². The lowest BCUT2D eigenvalue weighted by Crippen LogP contribution is -2.37. The molecule has 25 heavy (non-hydrogen) atoms. The molecular weight excluding hydrogens is 316 g/mol. The highest BCUT2D eigenvalue weighted by Crippen LogP contribution is 2.38. The number of hydroxylamine groups is 1. The summed E-state index contributed by atoms with van der Waals surface area (Å²) in [4.78, 5) is 31.9. The van der Waals surface area contributed by atoms with Gasteiger partial charge in [0, 0.05) is 7.05 Å². The summed E-state index contributed by atoms with van der Waals surface area (Å²) in [5, 5.41) is 1.68. The molecule has 0 aliphatic carbocycles. The van der Waals surface area contributed by atoms with Gasteiger partial charge in [0.05, 0.1) is 11.7 Å². The lowest BCUT2D eigenvalue weighted by Gasteiger charge is -2.25. The number of likely N-dealkylation sites (tertiary alicyclic amines) is 1. The maximum absolute atomic E-state index is 12.6. The van der Waals surface area contributed by atoms with E-state index in [-0.39, 0.29) is 17.9 Å². The van der Waals surface area contributed by atoms with Crippen molar-refractivity contribution in [2.75, 3.05) is 12.1 Å². The number of carbonyl (C=O) groups is 2.